The number of nitrogens with zero attached hydrogens (tertiary/aromatic N) is 2. The zero-order chi connectivity index (χ0) is 14.9. The molecule has 0 amide bonds. The van der Waals surface area contributed by atoms with Gasteiger partial charge in [0, 0.05) is 13.2 Å². The lowest BCUT2D eigenvalue weighted by Crippen LogP contribution is -2.13. The van der Waals surface area contributed by atoms with Crippen molar-refractivity contribution < 1.29 is 13.2 Å². The highest BCUT2D eigenvalue weighted by Gasteiger charge is 2.31. The molecule has 0 saturated heterocycles. The molecule has 1 aromatic carbocycles. The summed E-state index contributed by atoms with van der Waals surface area (Å²) in [4.78, 5) is 0. The maximum absolute atomic E-state index is 12.7. The Kier molecular flexibility index (Phi) is 3.94. The Morgan fingerprint density at radius 1 is 1.30 bits per heavy atom. The Morgan fingerprint density at radius 2 is 2.00 bits per heavy atom. The molecule has 20 heavy (non-hydrogen) atoms. The second-order valence-corrected chi connectivity index (χ2v) is 4.85. The van der Waals surface area contributed by atoms with Crippen LogP contribution in [-0.2, 0) is 13.2 Å². The minimum atomic E-state index is -4.39. The Bertz CT molecular complexity index is 607. The van der Waals surface area contributed by atoms with Gasteiger partial charge in [-0.1, -0.05) is 11.6 Å². The summed E-state index contributed by atoms with van der Waals surface area (Å²) in [7, 11) is 1.77. The minimum Gasteiger partial charge on any atom is -0.376 e. The zero-order valence-electron chi connectivity index (χ0n) is 10.9. The van der Waals surface area contributed by atoms with E-state index < -0.39 is 11.7 Å². The topological polar surface area (TPSA) is 29.9 Å². The van der Waals surface area contributed by atoms with Crippen molar-refractivity contribution in [2.45, 2.75) is 19.1 Å². The van der Waals surface area contributed by atoms with Crippen LogP contribution >= 0.6 is 11.6 Å². The van der Waals surface area contributed by atoms with Crippen molar-refractivity contribution in [3.8, 4) is 0 Å². The number of aromatic nitrogens is 2. The Balaban J connectivity index is 2.27. The Morgan fingerprint density at radius 3 is 2.55 bits per heavy atom. The SMILES string of the molecule is CC(Nc1cc(C(F)(F)F)ccc1Cl)c1ccnn1C. The van der Waals surface area contributed by atoms with E-state index in [4.69, 9.17) is 11.6 Å². The molecule has 1 unspecified atom stereocenters. The molecule has 0 fully saturated rings. The van der Waals surface area contributed by atoms with Gasteiger partial charge in [0.15, 0.2) is 0 Å². The van der Waals surface area contributed by atoms with Crippen LogP contribution in [0.1, 0.15) is 24.2 Å². The number of rotatable bonds is 3. The molecule has 3 nitrogen and oxygen atoms in total. The molecule has 0 aliphatic carbocycles. The fourth-order valence-corrected chi connectivity index (χ4v) is 2.10. The first-order chi connectivity index (χ1) is 9.29. The average molecular weight is 304 g/mol. The van der Waals surface area contributed by atoms with Gasteiger partial charge in [0.05, 0.1) is 28.0 Å². The van der Waals surface area contributed by atoms with E-state index in [1.165, 1.54) is 6.07 Å². The van der Waals surface area contributed by atoms with Crippen LogP contribution in [0.3, 0.4) is 0 Å². The molecule has 1 N–H and O–H groups in total. The summed E-state index contributed by atoms with van der Waals surface area (Å²) in [6.45, 7) is 1.83. The molecule has 7 heteroatoms. The van der Waals surface area contributed by atoms with Gasteiger partial charge >= 0.3 is 6.18 Å². The van der Waals surface area contributed by atoms with Gasteiger partial charge in [-0.3, -0.25) is 4.68 Å². The number of alkyl halides is 3. The summed E-state index contributed by atoms with van der Waals surface area (Å²) >= 11 is 5.94. The predicted molar refractivity (Wildman–Crippen MR) is 71.7 cm³/mol. The maximum Gasteiger partial charge on any atom is 0.416 e. The van der Waals surface area contributed by atoms with Crippen LogP contribution < -0.4 is 5.32 Å². The van der Waals surface area contributed by atoms with Crippen molar-refractivity contribution in [1.29, 1.82) is 0 Å². The van der Waals surface area contributed by atoms with Gasteiger partial charge in [0.2, 0.25) is 0 Å². The molecule has 0 aliphatic heterocycles. The van der Waals surface area contributed by atoms with Gasteiger partial charge in [-0.2, -0.15) is 18.3 Å². The lowest BCUT2D eigenvalue weighted by Gasteiger charge is -2.18. The van der Waals surface area contributed by atoms with Gasteiger partial charge in [0.25, 0.3) is 0 Å². The molecule has 2 rings (SSSR count). The molecule has 0 radical (unpaired) electrons. The van der Waals surface area contributed by atoms with E-state index in [0.717, 1.165) is 17.8 Å². The highest BCUT2D eigenvalue weighted by atomic mass is 35.5. The van der Waals surface area contributed by atoms with Gasteiger partial charge in [-0.15, -0.1) is 0 Å². The van der Waals surface area contributed by atoms with Crippen molar-refractivity contribution >= 4 is 17.3 Å². The smallest absolute Gasteiger partial charge is 0.376 e. The van der Waals surface area contributed by atoms with Crippen LogP contribution in [0.25, 0.3) is 0 Å². The fourth-order valence-electron chi connectivity index (χ4n) is 1.93. The number of halogens is 4. The molecular formula is C13H13ClF3N3. The third-order valence-electron chi connectivity index (χ3n) is 2.97. The van der Waals surface area contributed by atoms with Crippen LogP contribution in [0.5, 0.6) is 0 Å². The van der Waals surface area contributed by atoms with Crippen LogP contribution in [0.2, 0.25) is 5.02 Å². The van der Waals surface area contributed by atoms with E-state index in [1.807, 2.05) is 6.92 Å². The lowest BCUT2D eigenvalue weighted by molar-refractivity contribution is -0.137. The van der Waals surface area contributed by atoms with Crippen LogP contribution in [0, 0.1) is 0 Å². The molecule has 108 valence electrons. The fraction of sp³-hybridized carbons (Fsp3) is 0.308. The number of aryl methyl sites for hydroxylation is 1. The molecule has 1 atom stereocenters. The van der Waals surface area contributed by atoms with Crippen molar-refractivity contribution in [3.63, 3.8) is 0 Å². The Labute approximate surface area is 119 Å². The zero-order valence-corrected chi connectivity index (χ0v) is 11.6. The van der Waals surface area contributed by atoms with Crippen LogP contribution in [0.15, 0.2) is 30.5 Å². The van der Waals surface area contributed by atoms with Gasteiger partial charge < -0.3 is 5.32 Å². The average Bonchev–Trinajstić information content (AvgIpc) is 2.77. The second-order valence-electron chi connectivity index (χ2n) is 4.44. The number of anilines is 1. The highest BCUT2D eigenvalue weighted by Crippen LogP contribution is 2.35. The van der Waals surface area contributed by atoms with E-state index in [9.17, 15) is 13.2 Å². The van der Waals surface area contributed by atoms with E-state index in [1.54, 1.807) is 24.0 Å². The van der Waals surface area contributed by atoms with Gasteiger partial charge in [0.1, 0.15) is 0 Å². The molecule has 0 saturated carbocycles. The first-order valence-electron chi connectivity index (χ1n) is 5.90. The molecular weight excluding hydrogens is 291 g/mol. The first-order valence-corrected chi connectivity index (χ1v) is 6.28. The first kappa shape index (κ1) is 14.7. The number of nitrogens with one attached hydrogen (secondary N) is 1. The van der Waals surface area contributed by atoms with E-state index in [0.29, 0.717) is 0 Å². The molecule has 0 aliphatic rings. The summed E-state index contributed by atoms with van der Waals surface area (Å²) in [5.74, 6) is 0. The predicted octanol–water partition coefficient (Wildman–Crippen LogP) is 4.27. The molecule has 2 aromatic rings. The third kappa shape index (κ3) is 3.07. The maximum atomic E-state index is 12.7. The van der Waals surface area contributed by atoms with Crippen molar-refractivity contribution in [2.24, 2.45) is 7.05 Å². The third-order valence-corrected chi connectivity index (χ3v) is 3.30. The lowest BCUT2D eigenvalue weighted by atomic mass is 10.1. The normalized spacial score (nSPS) is 13.3. The van der Waals surface area contributed by atoms with Crippen molar-refractivity contribution in [3.05, 3.63) is 46.7 Å². The summed E-state index contributed by atoms with van der Waals surface area (Å²) in [5, 5.41) is 7.24. The summed E-state index contributed by atoms with van der Waals surface area (Å²) in [6, 6.07) is 4.78. The second kappa shape index (κ2) is 5.36. The van der Waals surface area contributed by atoms with Gasteiger partial charge in [-0.05, 0) is 31.2 Å². The summed E-state index contributed by atoms with van der Waals surface area (Å²) < 4.78 is 39.7. The molecule has 1 heterocycles. The summed E-state index contributed by atoms with van der Waals surface area (Å²) in [6.07, 6.45) is -2.77. The largest absolute Gasteiger partial charge is 0.416 e. The molecule has 0 bridgehead atoms. The van der Waals surface area contributed by atoms with Crippen LogP contribution in [-0.4, -0.2) is 9.78 Å². The van der Waals surface area contributed by atoms with Crippen molar-refractivity contribution in [2.75, 3.05) is 5.32 Å². The summed E-state index contributed by atoms with van der Waals surface area (Å²) in [5.41, 5.74) is 0.357. The molecule has 1 aromatic heterocycles. The monoisotopic (exact) mass is 303 g/mol. The number of benzene rings is 1. The van der Waals surface area contributed by atoms with Crippen LogP contribution in [0.4, 0.5) is 18.9 Å². The quantitative estimate of drug-likeness (QED) is 0.918. The van der Waals surface area contributed by atoms with Gasteiger partial charge in [-0.25, -0.2) is 0 Å². The van der Waals surface area contributed by atoms with Crippen molar-refractivity contribution in [1.82, 2.24) is 9.78 Å². The molecule has 0 spiro atoms. The van der Waals surface area contributed by atoms with E-state index >= 15 is 0 Å². The number of hydrogen-bond donors (Lipinski definition) is 1. The standard InChI is InChI=1S/C13H13ClF3N3/c1-8(12-5-6-18-20(12)2)19-11-7-9(13(15,16)17)3-4-10(11)14/h3-8,19H,1-2H3. The van der Waals surface area contributed by atoms with E-state index in [2.05, 4.69) is 10.4 Å². The Hall–Kier alpha value is -1.69. The number of hydrogen-bond acceptors (Lipinski definition) is 2. The highest BCUT2D eigenvalue weighted by molar-refractivity contribution is 6.33. The minimum absolute atomic E-state index is 0.219. The van der Waals surface area contributed by atoms with E-state index in [-0.39, 0.29) is 16.8 Å².